The zero-order valence-electron chi connectivity index (χ0n) is 10.2. The SMILES string of the molecule is Cc1ccc(N(C)C(C)C(=O)NN)c(C)c1. The largest absolute Gasteiger partial charge is 0.363 e. The maximum absolute atomic E-state index is 11.4. The number of rotatable bonds is 3. The van der Waals surface area contributed by atoms with E-state index in [0.29, 0.717) is 0 Å². The number of aryl methyl sites for hydroxylation is 2. The molecule has 3 N–H and O–H groups in total. The van der Waals surface area contributed by atoms with Gasteiger partial charge in [0.15, 0.2) is 0 Å². The van der Waals surface area contributed by atoms with Crippen molar-refractivity contribution >= 4 is 11.6 Å². The number of likely N-dealkylation sites (N-methyl/N-ethyl adjacent to an activating group) is 1. The number of hydrogen-bond donors (Lipinski definition) is 2. The van der Waals surface area contributed by atoms with Crippen LogP contribution in [-0.2, 0) is 4.79 Å². The molecule has 0 radical (unpaired) electrons. The molecule has 0 aliphatic heterocycles. The van der Waals surface area contributed by atoms with Crippen molar-refractivity contribution in [2.24, 2.45) is 5.84 Å². The number of benzene rings is 1. The van der Waals surface area contributed by atoms with Crippen molar-refractivity contribution < 1.29 is 4.79 Å². The number of amides is 1. The van der Waals surface area contributed by atoms with Crippen LogP contribution in [-0.4, -0.2) is 19.0 Å². The Morgan fingerprint density at radius 1 is 1.44 bits per heavy atom. The Kier molecular flexibility index (Phi) is 3.90. The molecule has 0 spiro atoms. The summed E-state index contributed by atoms with van der Waals surface area (Å²) in [6, 6.07) is 5.86. The van der Waals surface area contributed by atoms with Gasteiger partial charge in [-0.05, 0) is 32.4 Å². The molecule has 1 unspecified atom stereocenters. The number of nitrogens with zero attached hydrogens (tertiary/aromatic N) is 1. The predicted octanol–water partition coefficient (Wildman–Crippen LogP) is 1.12. The molecule has 0 bridgehead atoms. The van der Waals surface area contributed by atoms with Crippen LogP contribution in [0.1, 0.15) is 18.1 Å². The number of carbonyl (C=O) groups is 1. The Morgan fingerprint density at radius 3 is 2.56 bits per heavy atom. The Labute approximate surface area is 96.4 Å². The van der Waals surface area contributed by atoms with E-state index in [1.165, 1.54) is 5.56 Å². The molecule has 1 aromatic carbocycles. The van der Waals surface area contributed by atoms with Crippen molar-refractivity contribution in [3.63, 3.8) is 0 Å². The van der Waals surface area contributed by atoms with Crippen molar-refractivity contribution in [1.29, 1.82) is 0 Å². The molecule has 0 saturated carbocycles. The minimum atomic E-state index is -0.286. The summed E-state index contributed by atoms with van der Waals surface area (Å²) in [4.78, 5) is 13.3. The average Bonchev–Trinajstić information content (AvgIpc) is 2.26. The van der Waals surface area contributed by atoms with Gasteiger partial charge in [0.1, 0.15) is 6.04 Å². The summed E-state index contributed by atoms with van der Waals surface area (Å²) in [6.07, 6.45) is 0. The topological polar surface area (TPSA) is 58.4 Å². The highest BCUT2D eigenvalue weighted by molar-refractivity contribution is 5.84. The molecule has 4 nitrogen and oxygen atoms in total. The van der Waals surface area contributed by atoms with Gasteiger partial charge >= 0.3 is 0 Å². The highest BCUT2D eigenvalue weighted by Crippen LogP contribution is 2.21. The van der Waals surface area contributed by atoms with Gasteiger partial charge in [0.05, 0.1) is 0 Å². The minimum Gasteiger partial charge on any atom is -0.363 e. The second kappa shape index (κ2) is 4.99. The number of nitrogens with one attached hydrogen (secondary N) is 1. The van der Waals surface area contributed by atoms with Gasteiger partial charge in [0, 0.05) is 12.7 Å². The third kappa shape index (κ3) is 2.52. The zero-order chi connectivity index (χ0) is 12.3. The average molecular weight is 221 g/mol. The van der Waals surface area contributed by atoms with E-state index in [1.807, 2.05) is 44.9 Å². The Hall–Kier alpha value is -1.55. The first-order valence-electron chi connectivity index (χ1n) is 5.28. The highest BCUT2D eigenvalue weighted by atomic mass is 16.2. The maximum Gasteiger partial charge on any atom is 0.256 e. The monoisotopic (exact) mass is 221 g/mol. The molecule has 0 aliphatic carbocycles. The Bertz CT molecular complexity index is 390. The van der Waals surface area contributed by atoms with Gasteiger partial charge in [0.2, 0.25) is 0 Å². The van der Waals surface area contributed by atoms with E-state index in [9.17, 15) is 4.79 Å². The number of hydrazine groups is 1. The standard InChI is InChI=1S/C12H19N3O/c1-8-5-6-11(9(2)7-8)15(4)10(3)12(16)14-13/h5-7,10H,13H2,1-4H3,(H,14,16). The molecule has 1 rings (SSSR count). The molecule has 0 aromatic heterocycles. The zero-order valence-corrected chi connectivity index (χ0v) is 10.2. The molecule has 1 aromatic rings. The van der Waals surface area contributed by atoms with Crippen molar-refractivity contribution in [1.82, 2.24) is 5.43 Å². The van der Waals surface area contributed by atoms with Gasteiger partial charge in [0.25, 0.3) is 5.91 Å². The summed E-state index contributed by atoms with van der Waals surface area (Å²) in [6.45, 7) is 5.90. The van der Waals surface area contributed by atoms with Crippen LogP contribution in [0.2, 0.25) is 0 Å². The number of nitrogens with two attached hydrogens (primary N) is 1. The quantitative estimate of drug-likeness (QED) is 0.457. The molecule has 88 valence electrons. The van der Waals surface area contributed by atoms with Gasteiger partial charge in [-0.25, -0.2) is 5.84 Å². The Balaban J connectivity index is 2.96. The van der Waals surface area contributed by atoms with E-state index >= 15 is 0 Å². The first-order valence-corrected chi connectivity index (χ1v) is 5.28. The lowest BCUT2D eigenvalue weighted by Crippen LogP contribution is -2.46. The van der Waals surface area contributed by atoms with Crippen molar-refractivity contribution in [3.05, 3.63) is 29.3 Å². The number of hydrogen-bond acceptors (Lipinski definition) is 3. The van der Waals surface area contributed by atoms with Crippen LogP contribution in [0, 0.1) is 13.8 Å². The molecular formula is C12H19N3O. The van der Waals surface area contributed by atoms with E-state index < -0.39 is 0 Å². The summed E-state index contributed by atoms with van der Waals surface area (Å²) in [7, 11) is 1.89. The van der Waals surface area contributed by atoms with Crippen LogP contribution in [0.3, 0.4) is 0 Å². The summed E-state index contributed by atoms with van der Waals surface area (Å²) in [5, 5.41) is 0. The molecule has 1 atom stereocenters. The molecule has 1 amide bonds. The molecule has 0 aliphatic rings. The van der Waals surface area contributed by atoms with E-state index in [-0.39, 0.29) is 11.9 Å². The summed E-state index contributed by atoms with van der Waals surface area (Å²) in [5.41, 5.74) is 5.57. The molecular weight excluding hydrogens is 202 g/mol. The fourth-order valence-electron chi connectivity index (χ4n) is 1.71. The first kappa shape index (κ1) is 12.5. The fraction of sp³-hybridized carbons (Fsp3) is 0.417. The summed E-state index contributed by atoms with van der Waals surface area (Å²) < 4.78 is 0. The maximum atomic E-state index is 11.4. The van der Waals surface area contributed by atoms with E-state index in [0.717, 1.165) is 11.3 Å². The fourth-order valence-corrected chi connectivity index (χ4v) is 1.71. The van der Waals surface area contributed by atoms with Gasteiger partial charge in [-0.3, -0.25) is 10.2 Å². The molecule has 16 heavy (non-hydrogen) atoms. The Morgan fingerprint density at radius 2 is 2.06 bits per heavy atom. The van der Waals surface area contributed by atoms with Crippen LogP contribution < -0.4 is 16.2 Å². The minimum absolute atomic E-state index is 0.192. The van der Waals surface area contributed by atoms with E-state index in [2.05, 4.69) is 11.5 Å². The lowest BCUT2D eigenvalue weighted by atomic mass is 10.1. The van der Waals surface area contributed by atoms with Gasteiger partial charge in [-0.2, -0.15) is 0 Å². The predicted molar refractivity (Wildman–Crippen MR) is 66.1 cm³/mol. The number of carbonyl (C=O) groups excluding carboxylic acids is 1. The summed E-state index contributed by atoms with van der Waals surface area (Å²) >= 11 is 0. The van der Waals surface area contributed by atoms with Gasteiger partial charge < -0.3 is 4.90 Å². The number of anilines is 1. The van der Waals surface area contributed by atoms with Gasteiger partial charge in [-0.15, -0.1) is 0 Å². The third-order valence-electron chi connectivity index (χ3n) is 2.83. The van der Waals surface area contributed by atoms with Crippen LogP contribution in [0.25, 0.3) is 0 Å². The van der Waals surface area contributed by atoms with Crippen LogP contribution in [0.4, 0.5) is 5.69 Å². The van der Waals surface area contributed by atoms with Gasteiger partial charge in [-0.1, -0.05) is 17.7 Å². The van der Waals surface area contributed by atoms with Crippen molar-refractivity contribution in [2.45, 2.75) is 26.8 Å². The van der Waals surface area contributed by atoms with Crippen molar-refractivity contribution in [2.75, 3.05) is 11.9 Å². The normalized spacial score (nSPS) is 12.1. The first-order chi connectivity index (χ1) is 7.47. The molecule has 0 heterocycles. The molecule has 0 saturated heterocycles. The smallest absolute Gasteiger partial charge is 0.256 e. The van der Waals surface area contributed by atoms with Crippen molar-refractivity contribution in [3.8, 4) is 0 Å². The lowest BCUT2D eigenvalue weighted by Gasteiger charge is -2.27. The molecule has 0 fully saturated rings. The van der Waals surface area contributed by atoms with Crippen LogP contribution in [0.15, 0.2) is 18.2 Å². The second-order valence-electron chi connectivity index (χ2n) is 4.09. The highest BCUT2D eigenvalue weighted by Gasteiger charge is 2.18. The van der Waals surface area contributed by atoms with E-state index in [4.69, 9.17) is 5.84 Å². The van der Waals surface area contributed by atoms with Crippen LogP contribution in [0.5, 0.6) is 0 Å². The second-order valence-corrected chi connectivity index (χ2v) is 4.09. The van der Waals surface area contributed by atoms with E-state index in [1.54, 1.807) is 0 Å². The lowest BCUT2D eigenvalue weighted by molar-refractivity contribution is -0.122. The summed E-state index contributed by atoms with van der Waals surface area (Å²) in [5.74, 6) is 4.93. The molecule has 4 heteroatoms. The third-order valence-corrected chi connectivity index (χ3v) is 2.83. The van der Waals surface area contributed by atoms with Crippen LogP contribution >= 0.6 is 0 Å².